The van der Waals surface area contributed by atoms with Gasteiger partial charge < -0.3 is 0 Å². The van der Waals surface area contributed by atoms with Crippen LogP contribution in [-0.2, 0) is 0 Å². The third-order valence-corrected chi connectivity index (χ3v) is 4.92. The van der Waals surface area contributed by atoms with Gasteiger partial charge >= 0.3 is 165 Å². The Morgan fingerprint density at radius 3 is 0.769 bits per heavy atom. The third-order valence-electron chi connectivity index (χ3n) is 3.06. The predicted octanol–water partition coefficient (Wildman–Crippen LogP) is 5.12. The van der Waals surface area contributed by atoms with Gasteiger partial charge in [0.1, 0.15) is 0 Å². The fourth-order valence-corrected chi connectivity index (χ4v) is 1.73. The molecule has 0 aromatic rings. The second kappa shape index (κ2) is 6.48. The Bertz CT molecular complexity index is 474. The Morgan fingerprint density at radius 2 is 0.538 bits per heavy atom. The second-order valence-corrected chi connectivity index (χ2v) is 7.02. The summed E-state index contributed by atoms with van der Waals surface area (Å²) < 4.78 is 206. The van der Waals surface area contributed by atoms with Crippen molar-refractivity contribution >= 4 is 49.0 Å². The predicted molar refractivity (Wildman–Crippen MR) is 46.4 cm³/mol. The molecule has 0 heterocycles. The van der Waals surface area contributed by atoms with Crippen molar-refractivity contribution in [2.45, 2.75) is 41.7 Å². The fourth-order valence-electron chi connectivity index (χ4n) is 1.24. The van der Waals surface area contributed by atoms with Gasteiger partial charge in [-0.15, -0.1) is 0 Å². The first kappa shape index (κ1) is 26.4. The van der Waals surface area contributed by atoms with Crippen molar-refractivity contribution in [2.24, 2.45) is 0 Å². The van der Waals surface area contributed by atoms with Crippen molar-refractivity contribution < 1.29 is 74.6 Å². The first-order chi connectivity index (χ1) is 10.8. The molecule has 0 fully saturated rings. The van der Waals surface area contributed by atoms with Crippen LogP contribution in [0.15, 0.2) is 0 Å². The van der Waals surface area contributed by atoms with E-state index in [4.69, 9.17) is 0 Å². The van der Waals surface area contributed by atoms with E-state index in [0.717, 1.165) is 0 Å². The van der Waals surface area contributed by atoms with Gasteiger partial charge in [-0.1, -0.05) is 0 Å². The molecule has 152 valence electrons. The molecule has 0 aromatic carbocycles. The minimum absolute atomic E-state index is 3.26. The molecule has 0 bridgehead atoms. The summed E-state index contributed by atoms with van der Waals surface area (Å²) in [5.74, 6) is -41.0. The van der Waals surface area contributed by atoms with Gasteiger partial charge in [-0.05, 0) is 0 Å². The number of halogens is 17. The van der Waals surface area contributed by atoms with Crippen LogP contribution in [0.4, 0.5) is 74.6 Å². The van der Waals surface area contributed by atoms with Crippen molar-refractivity contribution in [3.63, 3.8) is 0 Å². The van der Waals surface area contributed by atoms with Crippen molar-refractivity contribution in [3.8, 4) is 0 Å². The Kier molecular flexibility index (Phi) is 6.59. The number of hydrogen-bond donors (Lipinski definition) is 0. The van der Waals surface area contributed by atoms with Crippen LogP contribution in [0.5, 0.6) is 0 Å². The Labute approximate surface area is 164 Å². The molecule has 0 saturated carbocycles. The van der Waals surface area contributed by atoms with E-state index in [1.165, 1.54) is 0 Å². The zero-order valence-electron chi connectivity index (χ0n) is 11.4. The SMILES string of the molecule is FC(F)(F)C(F)(F)C(F)(F)C(F)(F)C(F)(F)C(F)(F)[C](F)([K])C(F)(F)F. The van der Waals surface area contributed by atoms with E-state index in [-0.39, 0.29) is 0 Å². The summed E-state index contributed by atoms with van der Waals surface area (Å²) in [5, 5.41) is 0. The molecule has 0 amide bonds. The van der Waals surface area contributed by atoms with Gasteiger partial charge in [0.2, 0.25) is 0 Å². The van der Waals surface area contributed by atoms with Crippen LogP contribution < -0.4 is 0 Å². The molecule has 0 rings (SSSR count). The first-order valence-electron chi connectivity index (χ1n) is 5.46. The van der Waals surface area contributed by atoms with Gasteiger partial charge in [-0.3, -0.25) is 0 Å². The summed E-state index contributed by atoms with van der Waals surface area (Å²) in [4.78, 5) is 0. The Balaban J connectivity index is 6.61. The molecule has 26 heavy (non-hydrogen) atoms. The average Bonchev–Trinajstić information content (AvgIpc) is 2.34. The van der Waals surface area contributed by atoms with Gasteiger partial charge in [-0.2, -0.15) is 0 Å². The van der Waals surface area contributed by atoms with E-state index >= 15 is 0 Å². The van der Waals surface area contributed by atoms with Crippen LogP contribution in [0, 0.1) is 0 Å². The zero-order valence-corrected chi connectivity index (χ0v) is 14.5. The number of rotatable bonds is 5. The van der Waals surface area contributed by atoms with Gasteiger partial charge in [0.05, 0.1) is 0 Å². The van der Waals surface area contributed by atoms with Crippen molar-refractivity contribution in [1.82, 2.24) is 0 Å². The van der Waals surface area contributed by atoms with E-state index in [9.17, 15) is 74.6 Å². The van der Waals surface area contributed by atoms with E-state index in [1.807, 2.05) is 0 Å². The average molecular weight is 458 g/mol. The fraction of sp³-hybridized carbons (Fsp3) is 1.00. The summed E-state index contributed by atoms with van der Waals surface area (Å²) in [7, 11) is 0. The molecule has 0 aliphatic carbocycles. The van der Waals surface area contributed by atoms with Crippen molar-refractivity contribution in [2.75, 3.05) is 0 Å². The zero-order chi connectivity index (χ0) is 22.0. The van der Waals surface area contributed by atoms with E-state index in [0.29, 0.717) is 0 Å². The maximum atomic E-state index is 13.1. The molecule has 0 nitrogen and oxygen atoms in total. The van der Waals surface area contributed by atoms with Gasteiger partial charge in [0, 0.05) is 0 Å². The topological polar surface area (TPSA) is 0 Å². The standard InChI is InChI=1S/C8F17.K/c9-1(3(12,13)14)2(10,11)4(15,16)5(17,18)6(19,20)7(21,22)8(23,24)25;. The van der Waals surface area contributed by atoms with Crippen LogP contribution in [0.1, 0.15) is 0 Å². The number of hydrogen-bond acceptors (Lipinski definition) is 0. The summed E-state index contributed by atoms with van der Waals surface area (Å²) in [6.07, 6.45) is -14.8. The molecule has 0 N–H and O–H groups in total. The van der Waals surface area contributed by atoms with Crippen LogP contribution in [0.2, 0.25) is 0 Å². The summed E-state index contributed by atoms with van der Waals surface area (Å²) in [5.41, 5.74) is 0. The summed E-state index contributed by atoms with van der Waals surface area (Å²) >= 11 is -3.26. The second-order valence-electron chi connectivity index (χ2n) is 4.87. The molecular weight excluding hydrogens is 458 g/mol. The monoisotopic (exact) mass is 458 g/mol. The molecule has 0 radical (unpaired) electrons. The van der Waals surface area contributed by atoms with E-state index in [2.05, 4.69) is 0 Å². The summed E-state index contributed by atoms with van der Waals surface area (Å²) in [6, 6.07) is 0. The molecule has 0 aromatic heterocycles. The third kappa shape index (κ3) is 3.34. The normalized spacial score (nSPS) is 18.7. The van der Waals surface area contributed by atoms with Gasteiger partial charge in [0.25, 0.3) is 0 Å². The summed E-state index contributed by atoms with van der Waals surface area (Å²) in [6.45, 7) is 0. The first-order valence-corrected chi connectivity index (χ1v) is 7.02. The van der Waals surface area contributed by atoms with E-state index < -0.39 is 90.7 Å². The molecule has 1 unspecified atom stereocenters. The minimum atomic E-state index is -8.46. The number of alkyl halides is 17. The molecule has 0 aliphatic heterocycles. The van der Waals surface area contributed by atoms with Crippen molar-refractivity contribution in [3.05, 3.63) is 0 Å². The Hall–Kier alpha value is 0.446. The molecule has 18 heteroatoms. The van der Waals surface area contributed by atoms with Crippen LogP contribution in [0.3, 0.4) is 0 Å². The van der Waals surface area contributed by atoms with Crippen LogP contribution in [-0.4, -0.2) is 90.7 Å². The Morgan fingerprint density at radius 1 is 0.308 bits per heavy atom. The van der Waals surface area contributed by atoms with Gasteiger partial charge in [-0.25, -0.2) is 0 Å². The van der Waals surface area contributed by atoms with Crippen LogP contribution in [0.25, 0.3) is 0 Å². The van der Waals surface area contributed by atoms with Crippen molar-refractivity contribution in [1.29, 1.82) is 0 Å². The van der Waals surface area contributed by atoms with Gasteiger partial charge in [0.15, 0.2) is 0 Å². The molecule has 0 aliphatic rings. The van der Waals surface area contributed by atoms with Crippen LogP contribution >= 0.6 is 0 Å². The quantitative estimate of drug-likeness (QED) is 0.397. The molecular formula is C8F17K. The molecule has 0 saturated heterocycles. The molecule has 1 atom stereocenters. The van der Waals surface area contributed by atoms with E-state index in [1.54, 1.807) is 0 Å². The molecule has 0 spiro atoms. The maximum absolute atomic E-state index is 13.1.